The van der Waals surface area contributed by atoms with Crippen molar-refractivity contribution in [3.8, 4) is 0 Å². The molecule has 0 unspecified atom stereocenters. The molecule has 1 amide bonds. The van der Waals surface area contributed by atoms with Gasteiger partial charge in [0.25, 0.3) is 5.22 Å². The van der Waals surface area contributed by atoms with Crippen LogP contribution < -0.4 is 5.32 Å². The summed E-state index contributed by atoms with van der Waals surface area (Å²) >= 11 is 8.99. The summed E-state index contributed by atoms with van der Waals surface area (Å²) in [6, 6.07) is 14.9. The molecule has 158 valence electrons. The summed E-state index contributed by atoms with van der Waals surface area (Å²) in [7, 11) is 0. The van der Waals surface area contributed by atoms with E-state index in [0.29, 0.717) is 28.2 Å². The molecule has 1 atom stereocenters. The van der Waals surface area contributed by atoms with Gasteiger partial charge >= 0.3 is 0 Å². The zero-order chi connectivity index (χ0) is 21.8. The Morgan fingerprint density at radius 1 is 1.19 bits per heavy atom. The molecule has 31 heavy (non-hydrogen) atoms. The molecule has 2 heterocycles. The maximum atomic E-state index is 13.1. The monoisotopic (exact) mass is 470 g/mol. The van der Waals surface area contributed by atoms with Crippen LogP contribution in [0.3, 0.4) is 0 Å². The number of rotatable bonds is 7. The van der Waals surface area contributed by atoms with Crippen LogP contribution in [0.1, 0.15) is 33.0 Å². The minimum Gasteiger partial charge on any atom is -0.416 e. The smallest absolute Gasteiger partial charge is 0.277 e. The molecule has 2 aromatic carbocycles. The molecule has 6 nitrogen and oxygen atoms in total. The number of thioether (sulfide) groups is 1. The lowest BCUT2D eigenvalue weighted by atomic mass is 10.1. The summed E-state index contributed by atoms with van der Waals surface area (Å²) in [4.78, 5) is 17.6. The zero-order valence-corrected chi connectivity index (χ0v) is 19.2. The number of aryl methyl sites for hydroxylation is 2. The summed E-state index contributed by atoms with van der Waals surface area (Å²) in [6.07, 6.45) is 0.460. The third-order valence-corrected chi connectivity index (χ3v) is 6.76. The predicted molar refractivity (Wildman–Crippen MR) is 124 cm³/mol. The molecule has 2 aromatic heterocycles. The van der Waals surface area contributed by atoms with Crippen LogP contribution in [0.15, 0.2) is 63.6 Å². The molecule has 0 saturated carbocycles. The zero-order valence-electron chi connectivity index (χ0n) is 16.8. The molecule has 4 aromatic rings. The molecule has 0 fully saturated rings. The molecule has 0 aliphatic heterocycles. The Morgan fingerprint density at radius 3 is 2.71 bits per heavy atom. The minimum atomic E-state index is -0.573. The van der Waals surface area contributed by atoms with E-state index in [1.807, 2.05) is 61.7 Å². The van der Waals surface area contributed by atoms with E-state index in [9.17, 15) is 4.79 Å². The first kappa shape index (κ1) is 21.5. The maximum Gasteiger partial charge on any atom is 0.277 e. The summed E-state index contributed by atoms with van der Waals surface area (Å²) < 4.78 is 5.79. The van der Waals surface area contributed by atoms with Crippen molar-refractivity contribution in [1.82, 2.24) is 15.2 Å². The van der Waals surface area contributed by atoms with Crippen LogP contribution in [0.25, 0.3) is 0 Å². The van der Waals surface area contributed by atoms with E-state index in [1.54, 1.807) is 17.4 Å². The van der Waals surface area contributed by atoms with Gasteiger partial charge in [0.05, 0.1) is 17.1 Å². The van der Waals surface area contributed by atoms with Gasteiger partial charge < -0.3 is 9.73 Å². The van der Waals surface area contributed by atoms with Gasteiger partial charge in [-0.1, -0.05) is 48.0 Å². The second kappa shape index (κ2) is 9.64. The Balaban J connectivity index is 1.53. The molecule has 9 heteroatoms. The molecular formula is C22H19ClN4O2S2. The Morgan fingerprint density at radius 2 is 2.00 bits per heavy atom. The fourth-order valence-corrected chi connectivity index (χ4v) is 4.57. The summed E-state index contributed by atoms with van der Waals surface area (Å²) in [5.74, 6) is 0.260. The number of amides is 1. The van der Waals surface area contributed by atoms with Gasteiger partial charge in [0.1, 0.15) is 5.25 Å². The van der Waals surface area contributed by atoms with Crippen LogP contribution in [-0.4, -0.2) is 21.1 Å². The van der Waals surface area contributed by atoms with E-state index < -0.39 is 5.25 Å². The van der Waals surface area contributed by atoms with E-state index in [1.165, 1.54) is 11.8 Å². The number of benzene rings is 2. The molecule has 1 N–H and O–H groups in total. The minimum absolute atomic E-state index is 0.203. The normalized spacial score (nSPS) is 12.0. The SMILES string of the molecule is Cc1nc(Cc2nnc(S[C@H](C(=O)Nc3ccc(C)c(Cl)c3)c3ccccc3)o2)cs1. The number of hydrogen-bond acceptors (Lipinski definition) is 7. The third kappa shape index (κ3) is 5.52. The fourth-order valence-electron chi connectivity index (χ4n) is 2.88. The van der Waals surface area contributed by atoms with Crippen molar-refractivity contribution in [2.75, 3.05) is 5.32 Å². The first-order chi connectivity index (χ1) is 15.0. The van der Waals surface area contributed by atoms with Crippen LogP contribution in [-0.2, 0) is 11.2 Å². The average molecular weight is 471 g/mol. The van der Waals surface area contributed by atoms with Gasteiger partial charge in [0, 0.05) is 16.1 Å². The standard InChI is InChI=1S/C22H19ClN4O2S2/c1-13-8-9-16(10-18(13)23)25-21(28)20(15-6-4-3-5-7-15)31-22-27-26-19(29-22)11-17-12-30-14(2)24-17/h3-10,12,20H,11H2,1-2H3,(H,25,28)/t20-/m0/s1. The quantitative estimate of drug-likeness (QED) is 0.341. The molecule has 0 aliphatic carbocycles. The number of nitrogens with one attached hydrogen (secondary N) is 1. The van der Waals surface area contributed by atoms with Gasteiger partial charge in [0.15, 0.2) is 0 Å². The van der Waals surface area contributed by atoms with Crippen molar-refractivity contribution < 1.29 is 9.21 Å². The first-order valence-electron chi connectivity index (χ1n) is 9.50. The molecule has 0 saturated heterocycles. The summed E-state index contributed by atoms with van der Waals surface area (Å²) in [6.45, 7) is 3.87. The van der Waals surface area contributed by atoms with Gasteiger partial charge in [-0.3, -0.25) is 4.79 Å². The van der Waals surface area contributed by atoms with Gasteiger partial charge in [-0.15, -0.1) is 21.5 Å². The van der Waals surface area contributed by atoms with Crippen LogP contribution in [0.4, 0.5) is 5.69 Å². The molecule has 0 radical (unpaired) electrons. The number of carbonyl (C=O) groups excluding carboxylic acids is 1. The molecule has 0 bridgehead atoms. The van der Waals surface area contributed by atoms with E-state index in [-0.39, 0.29) is 5.91 Å². The van der Waals surface area contributed by atoms with Crippen LogP contribution >= 0.6 is 34.7 Å². The first-order valence-corrected chi connectivity index (χ1v) is 11.6. The average Bonchev–Trinajstić information content (AvgIpc) is 3.38. The van der Waals surface area contributed by atoms with Crippen molar-refractivity contribution in [1.29, 1.82) is 0 Å². The van der Waals surface area contributed by atoms with Gasteiger partial charge in [-0.05, 0) is 48.9 Å². The topological polar surface area (TPSA) is 80.9 Å². The Kier molecular flexibility index (Phi) is 6.70. The number of aromatic nitrogens is 3. The maximum absolute atomic E-state index is 13.1. The van der Waals surface area contributed by atoms with E-state index in [2.05, 4.69) is 20.5 Å². The van der Waals surface area contributed by atoms with E-state index in [4.69, 9.17) is 16.0 Å². The van der Waals surface area contributed by atoms with Gasteiger partial charge in [-0.25, -0.2) is 4.98 Å². The molecule has 4 rings (SSSR count). The molecule has 0 spiro atoms. The van der Waals surface area contributed by atoms with E-state index >= 15 is 0 Å². The van der Waals surface area contributed by atoms with Crippen molar-refractivity contribution >= 4 is 46.3 Å². The van der Waals surface area contributed by atoms with Crippen LogP contribution in [0.2, 0.25) is 5.02 Å². The Hall–Kier alpha value is -2.68. The van der Waals surface area contributed by atoms with Crippen molar-refractivity contribution in [2.45, 2.75) is 30.7 Å². The number of hydrogen-bond donors (Lipinski definition) is 1. The van der Waals surface area contributed by atoms with Crippen LogP contribution in [0, 0.1) is 13.8 Å². The lowest BCUT2D eigenvalue weighted by Gasteiger charge is -2.15. The highest BCUT2D eigenvalue weighted by Gasteiger charge is 2.25. The second-order valence-corrected chi connectivity index (χ2v) is 9.38. The van der Waals surface area contributed by atoms with Crippen molar-refractivity contribution in [3.05, 3.63) is 86.7 Å². The largest absolute Gasteiger partial charge is 0.416 e. The number of thiazole rings is 1. The molecular weight excluding hydrogens is 452 g/mol. The fraction of sp³-hybridized carbons (Fsp3) is 0.182. The number of carbonyl (C=O) groups is 1. The third-order valence-electron chi connectivity index (χ3n) is 4.45. The Bertz CT molecular complexity index is 1190. The highest BCUT2D eigenvalue weighted by Crippen LogP contribution is 2.36. The Labute approximate surface area is 193 Å². The molecule has 0 aliphatic rings. The highest BCUT2D eigenvalue weighted by molar-refractivity contribution is 8.00. The number of nitrogens with zero attached hydrogens (tertiary/aromatic N) is 3. The number of halogens is 1. The van der Waals surface area contributed by atoms with Crippen LogP contribution in [0.5, 0.6) is 0 Å². The lowest BCUT2D eigenvalue weighted by Crippen LogP contribution is -2.19. The predicted octanol–water partition coefficient (Wildman–Crippen LogP) is 5.86. The van der Waals surface area contributed by atoms with Gasteiger partial charge in [0.2, 0.25) is 11.8 Å². The van der Waals surface area contributed by atoms with E-state index in [0.717, 1.165) is 21.8 Å². The van der Waals surface area contributed by atoms with Crippen molar-refractivity contribution in [3.63, 3.8) is 0 Å². The van der Waals surface area contributed by atoms with Crippen molar-refractivity contribution in [2.24, 2.45) is 0 Å². The lowest BCUT2D eigenvalue weighted by molar-refractivity contribution is -0.115. The highest BCUT2D eigenvalue weighted by atomic mass is 35.5. The summed E-state index contributed by atoms with van der Waals surface area (Å²) in [5.41, 5.74) is 3.30. The number of anilines is 1. The summed E-state index contributed by atoms with van der Waals surface area (Å²) in [5, 5.41) is 14.5. The second-order valence-electron chi connectivity index (χ2n) is 6.86. The van der Waals surface area contributed by atoms with Gasteiger partial charge in [-0.2, -0.15) is 0 Å².